The van der Waals surface area contributed by atoms with E-state index in [-0.39, 0.29) is 34.9 Å². The maximum absolute atomic E-state index is 14.0. The Hall–Kier alpha value is -4.00. The van der Waals surface area contributed by atoms with Gasteiger partial charge in [-0.3, -0.25) is 19.7 Å². The molecule has 0 saturated carbocycles. The summed E-state index contributed by atoms with van der Waals surface area (Å²) in [5.74, 6) is -1.82. The van der Waals surface area contributed by atoms with Gasteiger partial charge in [0.15, 0.2) is 0 Å². The van der Waals surface area contributed by atoms with Crippen LogP contribution >= 0.6 is 0 Å². The summed E-state index contributed by atoms with van der Waals surface area (Å²) < 4.78 is 5.37. The second-order valence-corrected chi connectivity index (χ2v) is 8.98. The molecule has 0 N–H and O–H groups in total. The number of carbonyl (C=O) groups is 2. The highest BCUT2D eigenvalue weighted by molar-refractivity contribution is 6.24. The molecule has 1 aliphatic heterocycles. The number of methoxy groups -OCH3 is 1. The predicted molar refractivity (Wildman–Crippen MR) is 120 cm³/mol. The molecule has 1 fully saturated rings. The Morgan fingerprint density at radius 2 is 1.55 bits per heavy atom. The summed E-state index contributed by atoms with van der Waals surface area (Å²) in [4.78, 5) is 39.7. The fraction of sp³-hybridized carbons (Fsp3) is 0.231. The summed E-state index contributed by atoms with van der Waals surface area (Å²) >= 11 is 0. The third-order valence-electron chi connectivity index (χ3n) is 7.66. The van der Waals surface area contributed by atoms with Crippen LogP contribution in [0.15, 0.2) is 66.7 Å². The minimum Gasteiger partial charge on any atom is -0.494 e. The number of ether oxygens (including phenoxy) is 1. The average molecular weight is 440 g/mol. The van der Waals surface area contributed by atoms with Gasteiger partial charge in [-0.25, -0.2) is 4.90 Å². The molecule has 164 valence electrons. The number of benzene rings is 3. The number of rotatable bonds is 3. The number of non-ortho nitro benzene ring substituents is 1. The van der Waals surface area contributed by atoms with E-state index in [1.807, 2.05) is 24.3 Å². The van der Waals surface area contributed by atoms with E-state index in [1.54, 1.807) is 0 Å². The van der Waals surface area contributed by atoms with Gasteiger partial charge in [-0.05, 0) is 28.3 Å². The predicted octanol–water partition coefficient (Wildman–Crippen LogP) is 4.17. The molecule has 3 aliphatic carbocycles. The standard InChI is InChI=1S/C26H20N2O5/c1-26-17-9-5-3-7-15(17)21(16-8-4-6-10-18(16)26)22-23(26)25(30)27(24(22)29)19-12-11-14(28(31)32)13-20(19)33-2/h3-13,21-23H,1-2H3/t21?,22-,23+,26?/m1/s1. The second kappa shape index (κ2) is 6.51. The molecule has 0 spiro atoms. The van der Waals surface area contributed by atoms with Crippen molar-refractivity contribution < 1.29 is 19.2 Å². The topological polar surface area (TPSA) is 89.8 Å². The van der Waals surface area contributed by atoms with Gasteiger partial charge in [0.1, 0.15) is 5.75 Å². The van der Waals surface area contributed by atoms with Crippen LogP contribution < -0.4 is 9.64 Å². The van der Waals surface area contributed by atoms with Crippen LogP contribution in [0, 0.1) is 22.0 Å². The monoisotopic (exact) mass is 440 g/mol. The zero-order valence-corrected chi connectivity index (χ0v) is 18.0. The summed E-state index contributed by atoms with van der Waals surface area (Å²) in [6.07, 6.45) is 0. The van der Waals surface area contributed by atoms with Crippen molar-refractivity contribution in [3.8, 4) is 5.75 Å². The van der Waals surface area contributed by atoms with Crippen molar-refractivity contribution in [2.45, 2.75) is 18.3 Å². The molecule has 4 aliphatic rings. The van der Waals surface area contributed by atoms with Crippen LogP contribution in [0.2, 0.25) is 0 Å². The van der Waals surface area contributed by atoms with Crippen LogP contribution in [0.3, 0.4) is 0 Å². The normalized spacial score (nSPS) is 26.6. The van der Waals surface area contributed by atoms with Crippen LogP contribution in [0.5, 0.6) is 5.75 Å². The molecule has 3 aromatic rings. The smallest absolute Gasteiger partial charge is 0.273 e. The van der Waals surface area contributed by atoms with E-state index < -0.39 is 22.2 Å². The SMILES string of the molecule is COc1cc([N+](=O)[O-])ccc1N1C(=O)[C@@H]2C3c4ccccc4C(C)(c4ccccc43)[C@@H]2C1=O. The van der Waals surface area contributed by atoms with Crippen LogP contribution in [0.25, 0.3) is 0 Å². The molecule has 0 aromatic heterocycles. The zero-order chi connectivity index (χ0) is 23.1. The molecule has 7 nitrogen and oxygen atoms in total. The minimum absolute atomic E-state index is 0.122. The Morgan fingerprint density at radius 3 is 2.12 bits per heavy atom. The fourth-order valence-electron chi connectivity index (χ4n) is 6.35. The highest BCUT2D eigenvalue weighted by atomic mass is 16.6. The van der Waals surface area contributed by atoms with E-state index in [1.165, 1.54) is 30.2 Å². The quantitative estimate of drug-likeness (QED) is 0.346. The van der Waals surface area contributed by atoms with Crippen LogP contribution in [-0.2, 0) is 15.0 Å². The first kappa shape index (κ1) is 19.7. The van der Waals surface area contributed by atoms with E-state index in [9.17, 15) is 19.7 Å². The van der Waals surface area contributed by atoms with E-state index >= 15 is 0 Å². The van der Waals surface area contributed by atoms with Gasteiger partial charge >= 0.3 is 0 Å². The maximum Gasteiger partial charge on any atom is 0.273 e. The molecular formula is C26H20N2O5. The lowest BCUT2D eigenvalue weighted by Gasteiger charge is -2.52. The Bertz CT molecular complexity index is 1330. The molecule has 0 unspecified atom stereocenters. The lowest BCUT2D eigenvalue weighted by atomic mass is 9.48. The number of nitro groups is 1. The van der Waals surface area contributed by atoms with Crippen LogP contribution in [0.1, 0.15) is 35.1 Å². The molecule has 3 aromatic carbocycles. The molecule has 2 bridgehead atoms. The summed E-state index contributed by atoms with van der Waals surface area (Å²) in [7, 11) is 1.37. The minimum atomic E-state index is -0.665. The van der Waals surface area contributed by atoms with Crippen LogP contribution in [-0.4, -0.2) is 23.8 Å². The molecule has 2 atom stereocenters. The van der Waals surface area contributed by atoms with Crippen molar-refractivity contribution in [1.29, 1.82) is 0 Å². The van der Waals surface area contributed by atoms with Gasteiger partial charge in [0.2, 0.25) is 11.8 Å². The zero-order valence-electron chi connectivity index (χ0n) is 18.0. The number of anilines is 1. The van der Waals surface area contributed by atoms with Gasteiger partial charge in [-0.15, -0.1) is 0 Å². The third-order valence-corrected chi connectivity index (χ3v) is 7.66. The lowest BCUT2D eigenvalue weighted by Crippen LogP contribution is -2.51. The highest BCUT2D eigenvalue weighted by Gasteiger charge is 2.66. The summed E-state index contributed by atoms with van der Waals surface area (Å²) in [5, 5.41) is 11.2. The van der Waals surface area contributed by atoms with Gasteiger partial charge < -0.3 is 4.74 Å². The van der Waals surface area contributed by atoms with Crippen molar-refractivity contribution in [2.24, 2.45) is 11.8 Å². The van der Waals surface area contributed by atoms with E-state index in [0.717, 1.165) is 22.3 Å². The number of nitro benzene ring substituents is 1. The largest absolute Gasteiger partial charge is 0.494 e. The van der Waals surface area contributed by atoms with Crippen molar-refractivity contribution in [3.05, 3.63) is 99.1 Å². The lowest BCUT2D eigenvalue weighted by molar-refractivity contribution is -0.384. The first-order valence-electron chi connectivity index (χ1n) is 10.8. The molecule has 7 heteroatoms. The molecule has 2 amide bonds. The molecule has 7 rings (SSSR count). The van der Waals surface area contributed by atoms with Crippen molar-refractivity contribution >= 4 is 23.2 Å². The number of hydrogen-bond donors (Lipinski definition) is 0. The van der Waals surface area contributed by atoms with Gasteiger partial charge in [0, 0.05) is 17.4 Å². The van der Waals surface area contributed by atoms with Gasteiger partial charge in [0.05, 0.1) is 35.6 Å². The molecule has 0 radical (unpaired) electrons. The number of nitrogens with zero attached hydrogens (tertiary/aromatic N) is 2. The number of amides is 2. The van der Waals surface area contributed by atoms with Gasteiger partial charge in [-0.2, -0.15) is 0 Å². The summed E-state index contributed by atoms with van der Waals surface area (Å²) in [5.41, 5.74) is 3.73. The van der Waals surface area contributed by atoms with Gasteiger partial charge in [0.25, 0.3) is 5.69 Å². The molecule has 1 saturated heterocycles. The summed E-state index contributed by atoms with van der Waals surface area (Å²) in [6, 6.07) is 20.1. The highest BCUT2D eigenvalue weighted by Crippen LogP contribution is 2.64. The third kappa shape index (κ3) is 2.29. The van der Waals surface area contributed by atoms with Gasteiger partial charge in [-0.1, -0.05) is 55.5 Å². The Balaban J connectivity index is 1.57. The second-order valence-electron chi connectivity index (χ2n) is 8.98. The maximum atomic E-state index is 14.0. The summed E-state index contributed by atoms with van der Waals surface area (Å²) in [6.45, 7) is 2.06. The average Bonchev–Trinajstić information content (AvgIpc) is 3.10. The Morgan fingerprint density at radius 1 is 0.939 bits per heavy atom. The first-order valence-corrected chi connectivity index (χ1v) is 10.8. The molecule has 1 heterocycles. The van der Waals surface area contributed by atoms with Crippen LogP contribution in [0.4, 0.5) is 11.4 Å². The van der Waals surface area contributed by atoms with Crippen molar-refractivity contribution in [1.82, 2.24) is 0 Å². The van der Waals surface area contributed by atoms with Crippen molar-refractivity contribution in [2.75, 3.05) is 12.0 Å². The van der Waals surface area contributed by atoms with E-state index in [2.05, 4.69) is 31.2 Å². The number of carbonyl (C=O) groups excluding carboxylic acids is 2. The Labute approximate surface area is 189 Å². The fourth-order valence-corrected chi connectivity index (χ4v) is 6.35. The van der Waals surface area contributed by atoms with E-state index in [0.29, 0.717) is 0 Å². The molecular weight excluding hydrogens is 420 g/mol. The van der Waals surface area contributed by atoms with E-state index in [4.69, 9.17) is 4.74 Å². The Kier molecular flexibility index (Phi) is 3.88. The first-order chi connectivity index (χ1) is 15.9. The number of imide groups is 1. The van der Waals surface area contributed by atoms with Crippen molar-refractivity contribution in [3.63, 3.8) is 0 Å². The number of hydrogen-bond acceptors (Lipinski definition) is 5. The molecule has 33 heavy (non-hydrogen) atoms.